The Bertz CT molecular complexity index is 1070. The number of nitrogens with one attached hydrogen (secondary N) is 3. The molecule has 152 valence electrons. The molecule has 0 saturated heterocycles. The molecule has 0 saturated carbocycles. The van der Waals surface area contributed by atoms with Gasteiger partial charge in [-0.05, 0) is 55.0 Å². The van der Waals surface area contributed by atoms with Crippen LogP contribution >= 0.6 is 12.2 Å². The molecule has 0 aliphatic carbocycles. The second kappa shape index (κ2) is 9.76. The van der Waals surface area contributed by atoms with Crippen molar-refractivity contribution >= 4 is 34.8 Å². The molecule has 0 aliphatic heterocycles. The number of hydrogen-bond acceptors (Lipinski definition) is 3. The summed E-state index contributed by atoms with van der Waals surface area (Å²) in [6.45, 7) is 1.91. The van der Waals surface area contributed by atoms with Crippen molar-refractivity contribution in [2.75, 3.05) is 5.32 Å². The number of rotatable bonds is 5. The van der Waals surface area contributed by atoms with E-state index in [4.69, 9.17) is 12.2 Å². The Balaban J connectivity index is 1.62. The Morgan fingerprint density at radius 1 is 0.900 bits per heavy atom. The number of carbonyl (C=O) groups excluding carboxylic acids is 2. The third-order valence-electron chi connectivity index (χ3n) is 4.38. The van der Waals surface area contributed by atoms with Gasteiger partial charge in [0, 0.05) is 11.3 Å². The van der Waals surface area contributed by atoms with E-state index < -0.39 is 11.7 Å². The number of hydrogen-bond donors (Lipinski definition) is 3. The molecule has 3 aromatic rings. The van der Waals surface area contributed by atoms with E-state index in [0.29, 0.717) is 11.3 Å². The van der Waals surface area contributed by atoms with Gasteiger partial charge in [-0.2, -0.15) is 0 Å². The van der Waals surface area contributed by atoms with Gasteiger partial charge in [-0.1, -0.05) is 48.5 Å². The Kier molecular flexibility index (Phi) is 6.87. The third-order valence-corrected chi connectivity index (χ3v) is 4.58. The van der Waals surface area contributed by atoms with Gasteiger partial charge >= 0.3 is 0 Å². The first-order valence-corrected chi connectivity index (χ1v) is 9.67. The van der Waals surface area contributed by atoms with Gasteiger partial charge in [-0.25, -0.2) is 4.39 Å². The predicted octanol–water partition coefficient (Wildman–Crippen LogP) is 4.44. The van der Waals surface area contributed by atoms with Gasteiger partial charge in [0.1, 0.15) is 5.82 Å². The number of halogens is 1. The first kappa shape index (κ1) is 21.1. The number of thiocarbonyl (C=S) groups is 1. The molecule has 2 amide bonds. The van der Waals surface area contributed by atoms with Crippen molar-refractivity contribution in [1.82, 2.24) is 10.6 Å². The van der Waals surface area contributed by atoms with Crippen molar-refractivity contribution < 1.29 is 14.0 Å². The average Bonchev–Trinajstić information content (AvgIpc) is 2.74. The Labute approximate surface area is 179 Å². The van der Waals surface area contributed by atoms with Crippen LogP contribution in [0.15, 0.2) is 78.9 Å². The molecule has 5 nitrogen and oxygen atoms in total. The fraction of sp³-hybridized carbons (Fsp3) is 0.0870. The maximum Gasteiger partial charge on any atom is 0.260 e. The molecule has 1 atom stereocenters. The fourth-order valence-corrected chi connectivity index (χ4v) is 3.03. The van der Waals surface area contributed by atoms with Crippen LogP contribution in [0.5, 0.6) is 0 Å². The molecule has 0 aromatic heterocycles. The summed E-state index contributed by atoms with van der Waals surface area (Å²) >= 11 is 5.13. The van der Waals surface area contributed by atoms with Crippen molar-refractivity contribution in [2.24, 2.45) is 0 Å². The van der Waals surface area contributed by atoms with E-state index in [1.165, 1.54) is 18.2 Å². The molecule has 0 fully saturated rings. The van der Waals surface area contributed by atoms with Crippen molar-refractivity contribution in [3.8, 4) is 0 Å². The van der Waals surface area contributed by atoms with E-state index in [2.05, 4.69) is 16.0 Å². The molecule has 0 spiro atoms. The van der Waals surface area contributed by atoms with Gasteiger partial charge in [0.15, 0.2) is 5.11 Å². The van der Waals surface area contributed by atoms with Crippen LogP contribution in [0.2, 0.25) is 0 Å². The molecule has 0 heterocycles. The lowest BCUT2D eigenvalue weighted by Crippen LogP contribution is -2.34. The lowest BCUT2D eigenvalue weighted by molar-refractivity contribution is 0.0937. The largest absolute Gasteiger partial charge is 0.346 e. The average molecular weight is 421 g/mol. The monoisotopic (exact) mass is 421 g/mol. The zero-order valence-corrected chi connectivity index (χ0v) is 17.0. The minimum atomic E-state index is -0.656. The van der Waals surface area contributed by atoms with E-state index in [1.54, 1.807) is 30.3 Å². The summed E-state index contributed by atoms with van der Waals surface area (Å²) in [6, 6.07) is 21.8. The van der Waals surface area contributed by atoms with E-state index in [0.717, 1.165) is 5.56 Å². The molecule has 0 radical (unpaired) electrons. The topological polar surface area (TPSA) is 70.2 Å². The van der Waals surface area contributed by atoms with Crippen molar-refractivity contribution in [3.05, 3.63) is 101 Å². The summed E-state index contributed by atoms with van der Waals surface area (Å²) < 4.78 is 13.7. The molecule has 3 N–H and O–H groups in total. The minimum Gasteiger partial charge on any atom is -0.346 e. The van der Waals surface area contributed by atoms with E-state index in [9.17, 15) is 14.0 Å². The van der Waals surface area contributed by atoms with Gasteiger partial charge in [0.05, 0.1) is 11.6 Å². The maximum absolute atomic E-state index is 13.7. The second-order valence-electron chi connectivity index (χ2n) is 6.57. The molecule has 3 aromatic carbocycles. The fourth-order valence-electron chi connectivity index (χ4n) is 2.82. The van der Waals surface area contributed by atoms with Crippen LogP contribution in [-0.4, -0.2) is 16.9 Å². The highest BCUT2D eigenvalue weighted by atomic mass is 32.1. The molecular formula is C23H20FN3O2S. The minimum absolute atomic E-state index is 0.00142. The molecule has 0 bridgehead atoms. The van der Waals surface area contributed by atoms with E-state index >= 15 is 0 Å². The zero-order chi connectivity index (χ0) is 21.5. The standard InChI is InChI=1S/C23H20FN3O2S/c1-15(16-8-3-2-4-9-16)25-21(28)17-10-7-11-18(14-17)26-23(30)27-22(29)19-12-5-6-13-20(19)24/h2-15H,1H3,(H,25,28)(H2,26,27,29,30). The van der Waals surface area contributed by atoms with Gasteiger partial charge in [0.2, 0.25) is 0 Å². The molecule has 1 unspecified atom stereocenters. The van der Waals surface area contributed by atoms with Crippen molar-refractivity contribution in [1.29, 1.82) is 0 Å². The van der Waals surface area contributed by atoms with Gasteiger partial charge in [0.25, 0.3) is 11.8 Å². The van der Waals surface area contributed by atoms with Crippen LogP contribution in [-0.2, 0) is 0 Å². The van der Waals surface area contributed by atoms with Crippen LogP contribution in [0, 0.1) is 5.82 Å². The van der Waals surface area contributed by atoms with Crippen molar-refractivity contribution in [3.63, 3.8) is 0 Å². The number of carbonyl (C=O) groups is 2. The summed E-state index contributed by atoms with van der Waals surface area (Å²) in [5, 5.41) is 8.21. The SMILES string of the molecule is CC(NC(=O)c1cccc(NC(=S)NC(=O)c2ccccc2F)c1)c1ccccc1. The summed E-state index contributed by atoms with van der Waals surface area (Å²) in [5.41, 5.74) is 1.85. The summed E-state index contributed by atoms with van der Waals surface area (Å²) in [7, 11) is 0. The van der Waals surface area contributed by atoms with Gasteiger partial charge in [-0.3, -0.25) is 14.9 Å². The highest BCUT2D eigenvalue weighted by Gasteiger charge is 2.14. The molecular weight excluding hydrogens is 401 g/mol. The normalized spacial score (nSPS) is 11.3. The molecule has 3 rings (SSSR count). The number of amides is 2. The van der Waals surface area contributed by atoms with E-state index in [1.807, 2.05) is 37.3 Å². The van der Waals surface area contributed by atoms with Crippen LogP contribution in [0.3, 0.4) is 0 Å². The Morgan fingerprint density at radius 3 is 2.33 bits per heavy atom. The number of benzene rings is 3. The van der Waals surface area contributed by atoms with Gasteiger partial charge < -0.3 is 10.6 Å². The predicted molar refractivity (Wildman–Crippen MR) is 119 cm³/mol. The van der Waals surface area contributed by atoms with Crippen LogP contribution < -0.4 is 16.0 Å². The van der Waals surface area contributed by atoms with Crippen LogP contribution in [0.4, 0.5) is 10.1 Å². The van der Waals surface area contributed by atoms with Crippen LogP contribution in [0.25, 0.3) is 0 Å². The molecule has 7 heteroatoms. The van der Waals surface area contributed by atoms with Gasteiger partial charge in [-0.15, -0.1) is 0 Å². The highest BCUT2D eigenvalue weighted by Crippen LogP contribution is 2.15. The smallest absolute Gasteiger partial charge is 0.260 e. The van der Waals surface area contributed by atoms with Crippen LogP contribution in [0.1, 0.15) is 39.2 Å². The quantitative estimate of drug-likeness (QED) is 0.533. The van der Waals surface area contributed by atoms with Crippen molar-refractivity contribution in [2.45, 2.75) is 13.0 Å². The second-order valence-corrected chi connectivity index (χ2v) is 6.98. The summed E-state index contributed by atoms with van der Waals surface area (Å²) in [5.74, 6) is -1.53. The summed E-state index contributed by atoms with van der Waals surface area (Å²) in [6.07, 6.45) is 0. The first-order chi connectivity index (χ1) is 14.4. The summed E-state index contributed by atoms with van der Waals surface area (Å²) in [4.78, 5) is 24.7. The lowest BCUT2D eigenvalue weighted by atomic mass is 10.1. The number of anilines is 1. The highest BCUT2D eigenvalue weighted by molar-refractivity contribution is 7.80. The Hall–Kier alpha value is -3.58. The van der Waals surface area contributed by atoms with E-state index in [-0.39, 0.29) is 22.6 Å². The first-order valence-electron chi connectivity index (χ1n) is 9.27. The maximum atomic E-state index is 13.7. The molecule has 30 heavy (non-hydrogen) atoms. The molecule has 0 aliphatic rings. The third kappa shape index (κ3) is 5.48. The Morgan fingerprint density at radius 2 is 1.60 bits per heavy atom. The zero-order valence-electron chi connectivity index (χ0n) is 16.2. The lowest BCUT2D eigenvalue weighted by Gasteiger charge is -2.15.